The third-order valence-corrected chi connectivity index (χ3v) is 0.741. The second kappa shape index (κ2) is 8.56. The van der Waals surface area contributed by atoms with Crippen molar-refractivity contribution < 1.29 is 40.0 Å². The SMILES string of the molecule is Clc1ccc[n-]1.[Co].[O]=[Mo]. The zero-order chi connectivity index (χ0) is 6.41. The van der Waals surface area contributed by atoms with Crippen LogP contribution in [0.4, 0.5) is 0 Å². The summed E-state index contributed by atoms with van der Waals surface area (Å²) in [6, 6.07) is 3.53. The Balaban J connectivity index is 0. The van der Waals surface area contributed by atoms with Gasteiger partial charge in [-0.15, -0.1) is 11.6 Å². The molecule has 0 spiro atoms. The van der Waals surface area contributed by atoms with Gasteiger partial charge in [0.05, 0.1) is 0 Å². The number of hydrogen-bond donors (Lipinski definition) is 0. The van der Waals surface area contributed by atoms with Crippen LogP contribution < -0.4 is 4.98 Å². The fourth-order valence-electron chi connectivity index (χ4n) is 0.280. The van der Waals surface area contributed by atoms with Crippen LogP contribution in [0, 0.1) is 0 Å². The maximum absolute atomic E-state index is 8.26. The van der Waals surface area contributed by atoms with Gasteiger partial charge in [-0.1, -0.05) is 17.3 Å². The molecule has 0 aliphatic carbocycles. The Hall–Kier alpha value is 0.565. The minimum atomic E-state index is 0. The zero-order valence-electron chi connectivity index (χ0n) is 4.21. The van der Waals surface area contributed by atoms with E-state index < -0.39 is 0 Å². The van der Waals surface area contributed by atoms with E-state index in [9.17, 15) is 0 Å². The Labute approximate surface area is 79.8 Å². The first-order valence-electron chi connectivity index (χ1n) is 1.79. The van der Waals surface area contributed by atoms with Crippen molar-refractivity contribution >= 4 is 11.6 Å². The van der Waals surface area contributed by atoms with Crippen LogP contribution in [0.5, 0.6) is 0 Å². The van der Waals surface area contributed by atoms with Gasteiger partial charge in [-0.25, -0.2) is 0 Å². The van der Waals surface area contributed by atoms with Gasteiger partial charge in [0.25, 0.3) is 0 Å². The topological polar surface area (TPSA) is 31.2 Å². The molecule has 0 unspecified atom stereocenters. The van der Waals surface area contributed by atoms with Crippen molar-refractivity contribution in [2.75, 3.05) is 0 Å². The van der Waals surface area contributed by atoms with E-state index in [1.807, 2.05) is 0 Å². The van der Waals surface area contributed by atoms with Crippen molar-refractivity contribution in [1.29, 1.82) is 0 Å². The first-order valence-corrected chi connectivity index (χ1v) is 2.99. The Bertz CT molecular complexity index is 135. The van der Waals surface area contributed by atoms with E-state index in [4.69, 9.17) is 15.0 Å². The van der Waals surface area contributed by atoms with Crippen LogP contribution in [-0.2, 0) is 40.0 Å². The molecule has 0 saturated heterocycles. The molecule has 2 nitrogen and oxygen atoms in total. The Morgan fingerprint density at radius 3 is 2.22 bits per heavy atom. The summed E-state index contributed by atoms with van der Waals surface area (Å²) in [7, 11) is 0. The van der Waals surface area contributed by atoms with Gasteiger partial charge in [-0.05, 0) is 0 Å². The van der Waals surface area contributed by atoms with E-state index >= 15 is 0 Å². The van der Waals surface area contributed by atoms with Gasteiger partial charge in [0.15, 0.2) is 0 Å². The number of rotatable bonds is 0. The summed E-state index contributed by atoms with van der Waals surface area (Å²) in [6.07, 6.45) is 1.66. The second-order valence-corrected chi connectivity index (χ2v) is 1.35. The summed E-state index contributed by atoms with van der Waals surface area (Å²) in [5.41, 5.74) is 0. The van der Waals surface area contributed by atoms with E-state index in [0.29, 0.717) is 24.9 Å². The van der Waals surface area contributed by atoms with Gasteiger partial charge in [-0.3, -0.25) is 0 Å². The molecule has 0 aliphatic rings. The van der Waals surface area contributed by atoms with Gasteiger partial charge < -0.3 is 4.98 Å². The molecule has 1 aromatic heterocycles. The van der Waals surface area contributed by atoms with Crippen LogP contribution in [0.3, 0.4) is 0 Å². The van der Waals surface area contributed by atoms with E-state index in [2.05, 4.69) is 4.98 Å². The number of hydrogen-bond acceptors (Lipinski definition) is 1. The minimum absolute atomic E-state index is 0. The van der Waals surface area contributed by atoms with Crippen LogP contribution >= 0.6 is 11.6 Å². The molecule has 1 radical (unpaired) electrons. The number of halogens is 1. The van der Waals surface area contributed by atoms with Crippen LogP contribution in [0.2, 0.25) is 5.15 Å². The van der Waals surface area contributed by atoms with Crippen molar-refractivity contribution in [3.63, 3.8) is 0 Å². The van der Waals surface area contributed by atoms with E-state index in [0.717, 1.165) is 0 Å². The molecule has 5 heteroatoms. The summed E-state index contributed by atoms with van der Waals surface area (Å²) in [4.78, 5) is 3.68. The van der Waals surface area contributed by atoms with Gasteiger partial charge in [0, 0.05) is 16.8 Å². The first kappa shape index (κ1) is 12.3. The molecular weight excluding hydrogens is 268 g/mol. The first-order chi connectivity index (χ1) is 3.89. The van der Waals surface area contributed by atoms with E-state index in [-0.39, 0.29) is 16.8 Å². The van der Waals surface area contributed by atoms with Gasteiger partial charge in [-0.2, -0.15) is 6.20 Å². The number of aromatic nitrogens is 1. The van der Waals surface area contributed by atoms with Gasteiger partial charge >= 0.3 is 23.2 Å². The molecule has 0 N–H and O–H groups in total. The quantitative estimate of drug-likeness (QED) is 0.663. The molecule has 0 aromatic carbocycles. The summed E-state index contributed by atoms with van der Waals surface area (Å²) in [6.45, 7) is 0. The molecular formula is C4H3ClCoMoNO-. The predicted molar refractivity (Wildman–Crippen MR) is 25.5 cm³/mol. The van der Waals surface area contributed by atoms with Crippen molar-refractivity contribution in [3.05, 3.63) is 23.5 Å². The van der Waals surface area contributed by atoms with E-state index in [1.165, 1.54) is 0 Å². The van der Waals surface area contributed by atoms with Crippen molar-refractivity contribution in [2.45, 2.75) is 0 Å². The second-order valence-electron chi connectivity index (χ2n) is 0.960. The summed E-state index contributed by atoms with van der Waals surface area (Å²) >= 11 is 6.04. The molecule has 0 amide bonds. The maximum atomic E-state index is 8.26. The third kappa shape index (κ3) is 6.45. The fraction of sp³-hybridized carbons (Fsp3) is 0. The summed E-state index contributed by atoms with van der Waals surface area (Å²) in [5.74, 6) is 0. The standard InChI is InChI=1S/C4H3ClN.Co.Mo.O/c5-4-2-1-3-6-4;;;/h1-3H;;;/q-1;;;. The monoisotopic (exact) mass is 273 g/mol. The molecule has 1 heterocycles. The third-order valence-electron chi connectivity index (χ3n) is 0.518. The Kier molecular flexibility index (Phi) is 11.7. The molecule has 1 aromatic rings. The molecule has 1 rings (SSSR count). The van der Waals surface area contributed by atoms with Gasteiger partial charge in [0.1, 0.15) is 0 Å². The average molecular weight is 271 g/mol. The molecule has 0 bridgehead atoms. The normalized spacial score (nSPS) is 6.33. The number of nitrogens with zero attached hydrogens (tertiary/aromatic N) is 1. The van der Waals surface area contributed by atoms with Crippen LogP contribution in [0.25, 0.3) is 0 Å². The van der Waals surface area contributed by atoms with Crippen molar-refractivity contribution in [1.82, 2.24) is 4.98 Å². The molecule has 0 aliphatic heterocycles. The van der Waals surface area contributed by atoms with Crippen molar-refractivity contribution in [3.8, 4) is 0 Å². The Morgan fingerprint density at radius 2 is 2.11 bits per heavy atom. The molecule has 0 fully saturated rings. The molecule has 0 saturated carbocycles. The fourth-order valence-corrected chi connectivity index (χ4v) is 0.409. The Morgan fingerprint density at radius 1 is 1.56 bits per heavy atom. The van der Waals surface area contributed by atoms with Crippen LogP contribution in [0.1, 0.15) is 0 Å². The van der Waals surface area contributed by atoms with Crippen LogP contribution in [-0.4, -0.2) is 0 Å². The predicted octanol–water partition coefficient (Wildman–Crippen LogP) is 1.17. The molecule has 0 atom stereocenters. The van der Waals surface area contributed by atoms with Crippen LogP contribution in [0.15, 0.2) is 18.3 Å². The zero-order valence-corrected chi connectivity index (χ0v) is 8.01. The average Bonchev–Trinajstić information content (AvgIpc) is 2.24. The molecule has 9 heavy (non-hydrogen) atoms. The summed E-state index contributed by atoms with van der Waals surface area (Å²) in [5, 5.41) is 0.565. The summed E-state index contributed by atoms with van der Waals surface area (Å²) < 4.78 is 8.26. The van der Waals surface area contributed by atoms with E-state index in [1.54, 1.807) is 18.3 Å². The molecule has 53 valence electrons. The van der Waals surface area contributed by atoms with Crippen molar-refractivity contribution in [2.24, 2.45) is 0 Å². The van der Waals surface area contributed by atoms with Gasteiger partial charge in [0.2, 0.25) is 0 Å².